The minimum absolute atomic E-state index is 0.165. The minimum Gasteiger partial charge on any atom is -0.495 e. The molecular weight excluding hydrogens is 455 g/mol. The normalized spacial score (nSPS) is 16.9. The summed E-state index contributed by atoms with van der Waals surface area (Å²) in [4.78, 5) is 6.82. The van der Waals surface area contributed by atoms with Crippen LogP contribution in [0.4, 0.5) is 24.5 Å². The molecule has 0 amide bonds. The van der Waals surface area contributed by atoms with Crippen LogP contribution in [-0.4, -0.2) is 35.9 Å². The van der Waals surface area contributed by atoms with Gasteiger partial charge in [-0.25, -0.2) is 13.2 Å². The molecule has 3 aromatic rings. The van der Waals surface area contributed by atoms with Gasteiger partial charge in [0.1, 0.15) is 11.6 Å². The zero-order valence-electron chi connectivity index (χ0n) is 20.8. The highest BCUT2D eigenvalue weighted by molar-refractivity contribution is 5.96. The molecule has 1 aliphatic heterocycles. The lowest BCUT2D eigenvalue weighted by Gasteiger charge is -2.37. The van der Waals surface area contributed by atoms with Crippen molar-refractivity contribution in [3.8, 4) is 5.75 Å². The lowest BCUT2D eigenvalue weighted by Crippen LogP contribution is -2.42. The van der Waals surface area contributed by atoms with Crippen molar-refractivity contribution in [2.75, 3.05) is 30.4 Å². The molecule has 1 atom stereocenters. The first-order chi connectivity index (χ1) is 16.4. The number of benzene rings is 2. The Balaban J connectivity index is 1.74. The summed E-state index contributed by atoms with van der Waals surface area (Å²) in [7, 11) is 1.61. The van der Waals surface area contributed by atoms with Gasteiger partial charge in [0.15, 0.2) is 0 Å². The summed E-state index contributed by atoms with van der Waals surface area (Å²) in [5.74, 6) is -3.50. The number of ether oxygens (including phenoxy) is 1. The first-order valence-corrected chi connectivity index (χ1v) is 11.8. The molecule has 1 aromatic heterocycles. The van der Waals surface area contributed by atoms with Crippen LogP contribution in [0.15, 0.2) is 36.4 Å². The Hall–Kier alpha value is -3.00. The van der Waals surface area contributed by atoms with E-state index in [1.165, 1.54) is 12.1 Å². The van der Waals surface area contributed by atoms with Crippen LogP contribution in [0.3, 0.4) is 0 Å². The van der Waals surface area contributed by atoms with Gasteiger partial charge in [-0.1, -0.05) is 18.2 Å². The number of alkyl halides is 2. The Bertz CT molecular complexity index is 1230. The third-order valence-corrected chi connectivity index (χ3v) is 6.76. The zero-order valence-corrected chi connectivity index (χ0v) is 20.8. The largest absolute Gasteiger partial charge is 0.495 e. The highest BCUT2D eigenvalue weighted by atomic mass is 19.3. The number of aromatic nitrogens is 1. The first-order valence-electron chi connectivity index (χ1n) is 11.8. The number of anilines is 2. The maximum atomic E-state index is 15.0. The fourth-order valence-corrected chi connectivity index (χ4v) is 4.67. The molecule has 1 saturated heterocycles. The second-order valence-electron chi connectivity index (χ2n) is 9.80. The van der Waals surface area contributed by atoms with Gasteiger partial charge < -0.3 is 20.1 Å². The molecule has 0 aliphatic carbocycles. The van der Waals surface area contributed by atoms with Gasteiger partial charge in [-0.05, 0) is 45.7 Å². The maximum Gasteiger partial charge on any atom is 0.273 e. The zero-order chi connectivity index (χ0) is 25.5. The van der Waals surface area contributed by atoms with Crippen molar-refractivity contribution in [2.45, 2.75) is 58.1 Å². The van der Waals surface area contributed by atoms with E-state index in [0.29, 0.717) is 44.1 Å². The number of hydrogen-bond acceptors (Lipinski definition) is 5. The monoisotopic (exact) mass is 487 g/mol. The Labute approximate surface area is 203 Å². The van der Waals surface area contributed by atoms with E-state index in [9.17, 15) is 13.9 Å². The third kappa shape index (κ3) is 5.17. The van der Waals surface area contributed by atoms with E-state index in [2.05, 4.69) is 15.2 Å². The molecule has 1 aliphatic rings. The van der Waals surface area contributed by atoms with Gasteiger partial charge in [0.2, 0.25) is 0 Å². The van der Waals surface area contributed by atoms with Crippen LogP contribution in [0.5, 0.6) is 5.75 Å². The van der Waals surface area contributed by atoms with Crippen LogP contribution in [0, 0.1) is 12.7 Å². The molecule has 1 fully saturated rings. The highest BCUT2D eigenvalue weighted by Gasteiger charge is 2.31. The van der Waals surface area contributed by atoms with Crippen LogP contribution in [-0.2, 0) is 5.92 Å². The highest BCUT2D eigenvalue weighted by Crippen LogP contribution is 2.39. The lowest BCUT2D eigenvalue weighted by atomic mass is 9.93. The molecular formula is C27H32F3N3O2. The number of fused-ring (bicyclic) bond motifs is 1. The van der Waals surface area contributed by atoms with Crippen molar-refractivity contribution in [3.05, 3.63) is 59.0 Å². The second kappa shape index (κ2) is 9.22. The molecule has 4 rings (SSSR count). The lowest BCUT2D eigenvalue weighted by molar-refractivity contribution is 0.0135. The van der Waals surface area contributed by atoms with Gasteiger partial charge in [-0.15, -0.1) is 0 Å². The van der Waals surface area contributed by atoms with Gasteiger partial charge in [-0.2, -0.15) is 0 Å². The van der Waals surface area contributed by atoms with Gasteiger partial charge in [0.05, 0.1) is 35.5 Å². The number of aryl methyl sites for hydroxylation is 1. The number of nitrogens with zero attached hydrogens (tertiary/aromatic N) is 2. The predicted molar refractivity (Wildman–Crippen MR) is 133 cm³/mol. The Morgan fingerprint density at radius 2 is 1.89 bits per heavy atom. The molecule has 1 unspecified atom stereocenters. The van der Waals surface area contributed by atoms with E-state index in [1.54, 1.807) is 14.0 Å². The predicted octanol–water partition coefficient (Wildman–Crippen LogP) is 6.33. The van der Waals surface area contributed by atoms with Crippen molar-refractivity contribution in [3.63, 3.8) is 0 Å². The Morgan fingerprint density at radius 1 is 1.20 bits per heavy atom. The van der Waals surface area contributed by atoms with Crippen LogP contribution >= 0.6 is 0 Å². The first kappa shape index (κ1) is 25.1. The van der Waals surface area contributed by atoms with E-state index in [0.717, 1.165) is 28.5 Å². The average Bonchev–Trinajstić information content (AvgIpc) is 2.77. The summed E-state index contributed by atoms with van der Waals surface area (Å²) >= 11 is 0. The Kier molecular flexibility index (Phi) is 6.62. The second-order valence-corrected chi connectivity index (χ2v) is 9.80. The van der Waals surface area contributed by atoms with Crippen molar-refractivity contribution < 1.29 is 23.0 Å². The number of halogens is 3. The van der Waals surface area contributed by atoms with Crippen molar-refractivity contribution in [1.82, 2.24) is 4.98 Å². The molecule has 8 heteroatoms. The number of hydrogen-bond donors (Lipinski definition) is 2. The third-order valence-electron chi connectivity index (χ3n) is 6.76. The van der Waals surface area contributed by atoms with Gasteiger partial charge >= 0.3 is 0 Å². The fraction of sp³-hybridized carbons (Fsp3) is 0.444. The number of nitrogens with one attached hydrogen (secondary N) is 1. The van der Waals surface area contributed by atoms with Gasteiger partial charge in [0, 0.05) is 48.4 Å². The minimum atomic E-state index is -3.27. The summed E-state index contributed by atoms with van der Waals surface area (Å²) in [5, 5.41) is 14.5. The molecule has 2 heterocycles. The summed E-state index contributed by atoms with van der Waals surface area (Å²) in [6, 6.07) is 9.25. The molecule has 2 N–H and O–H groups in total. The van der Waals surface area contributed by atoms with Crippen LogP contribution in [0.1, 0.15) is 56.5 Å². The van der Waals surface area contributed by atoms with Crippen LogP contribution in [0.2, 0.25) is 0 Å². The van der Waals surface area contributed by atoms with Crippen molar-refractivity contribution in [2.24, 2.45) is 0 Å². The molecule has 188 valence electrons. The summed E-state index contributed by atoms with van der Waals surface area (Å²) in [6.45, 7) is 7.51. The number of rotatable bonds is 6. The van der Waals surface area contributed by atoms with E-state index >= 15 is 4.39 Å². The van der Waals surface area contributed by atoms with Crippen molar-refractivity contribution >= 4 is 22.3 Å². The van der Waals surface area contributed by atoms with E-state index in [4.69, 9.17) is 4.74 Å². The molecule has 0 bridgehead atoms. The molecule has 0 radical (unpaired) electrons. The number of aliphatic hydroxyl groups is 1. The topological polar surface area (TPSA) is 57.6 Å². The SMILES string of the molecule is COc1cc2nc(C)cc(NC(C)c3cccc(C(C)(F)F)c3F)c2cc1N1CCC(C)(O)CC1. The summed E-state index contributed by atoms with van der Waals surface area (Å²) in [5.41, 5.74) is 1.93. The Morgan fingerprint density at radius 3 is 2.51 bits per heavy atom. The number of piperidine rings is 1. The van der Waals surface area contributed by atoms with Crippen LogP contribution in [0.25, 0.3) is 10.9 Å². The molecule has 2 aromatic carbocycles. The standard InChI is InChI=1S/C27H32F3N3O2/c1-16-13-21(32-17(2)18-7-6-8-20(25(18)28)27(4,29)30)19-14-23(24(35-5)15-22(19)31-16)33-11-9-26(3,34)10-12-33/h6-8,13-15,17,34H,9-12H2,1-5H3,(H,31,32). The maximum absolute atomic E-state index is 15.0. The van der Waals surface area contributed by atoms with Gasteiger partial charge in [-0.3, -0.25) is 4.98 Å². The molecule has 0 spiro atoms. The summed E-state index contributed by atoms with van der Waals surface area (Å²) < 4.78 is 48.4. The van der Waals surface area contributed by atoms with Gasteiger partial charge in [0.25, 0.3) is 5.92 Å². The summed E-state index contributed by atoms with van der Waals surface area (Å²) in [6.07, 6.45) is 1.28. The molecule has 5 nitrogen and oxygen atoms in total. The number of pyridine rings is 1. The fourth-order valence-electron chi connectivity index (χ4n) is 4.67. The number of methoxy groups -OCH3 is 1. The quantitative estimate of drug-likeness (QED) is 0.426. The van der Waals surface area contributed by atoms with E-state index in [-0.39, 0.29) is 5.56 Å². The average molecular weight is 488 g/mol. The molecule has 0 saturated carbocycles. The van der Waals surface area contributed by atoms with Crippen molar-refractivity contribution in [1.29, 1.82) is 0 Å². The van der Waals surface area contributed by atoms with Crippen LogP contribution < -0.4 is 15.0 Å². The van der Waals surface area contributed by atoms with E-state index < -0.39 is 28.9 Å². The van der Waals surface area contributed by atoms with E-state index in [1.807, 2.05) is 32.0 Å². The molecule has 35 heavy (non-hydrogen) atoms. The smallest absolute Gasteiger partial charge is 0.273 e.